The highest BCUT2D eigenvalue weighted by Crippen LogP contribution is 2.40. The minimum absolute atomic E-state index is 0.157. The molecule has 190 valence electrons. The van der Waals surface area contributed by atoms with E-state index in [9.17, 15) is 18.0 Å². The van der Waals surface area contributed by atoms with Gasteiger partial charge in [0.25, 0.3) is 12.3 Å². The van der Waals surface area contributed by atoms with Gasteiger partial charge in [-0.15, -0.1) is 0 Å². The number of hydrogen-bond donors (Lipinski definition) is 2. The summed E-state index contributed by atoms with van der Waals surface area (Å²) in [5, 5.41) is 3.78. The number of carbonyl (C=O) groups excluding carboxylic acids is 1. The minimum Gasteiger partial charge on any atom is -0.346 e. The number of benzene rings is 1. The van der Waals surface area contributed by atoms with Crippen molar-refractivity contribution in [3.8, 4) is 11.3 Å². The van der Waals surface area contributed by atoms with Crippen LogP contribution in [0.1, 0.15) is 45.9 Å². The first-order valence-corrected chi connectivity index (χ1v) is 12.1. The van der Waals surface area contributed by atoms with Crippen LogP contribution in [0, 0.1) is 5.82 Å². The standard InChI is InChI=1S/C27H23F4N5O/c28-17-5-8-36(13-17)22-11-15-9-16(25(30)31)10-20(29)23(15)24(22)35-27(37)14-1-2-21(34-12-14)18-3-6-32-26-19(18)4-7-33-26/h1-4,6-7,9-10,12,17,22,24-25H,5,8,11,13H2,(H,32,33)(H,35,37)/t17-,22+,24-/m0/s1. The van der Waals surface area contributed by atoms with Crippen LogP contribution < -0.4 is 5.32 Å². The van der Waals surface area contributed by atoms with E-state index >= 15 is 4.39 Å². The molecule has 4 aromatic rings. The van der Waals surface area contributed by atoms with Crippen molar-refractivity contribution < 1.29 is 22.4 Å². The second-order valence-corrected chi connectivity index (χ2v) is 9.51. The molecule has 1 amide bonds. The number of aromatic nitrogens is 3. The molecule has 1 fully saturated rings. The van der Waals surface area contributed by atoms with Crippen LogP contribution in [0.15, 0.2) is 55.0 Å². The Kier molecular flexibility index (Phi) is 5.91. The van der Waals surface area contributed by atoms with Crippen LogP contribution in [-0.2, 0) is 6.42 Å². The van der Waals surface area contributed by atoms with E-state index in [1.165, 1.54) is 12.3 Å². The lowest BCUT2D eigenvalue weighted by Gasteiger charge is -2.30. The summed E-state index contributed by atoms with van der Waals surface area (Å²) in [5.41, 5.74) is 2.69. The van der Waals surface area contributed by atoms with Crippen molar-refractivity contribution in [2.45, 2.75) is 37.5 Å². The van der Waals surface area contributed by atoms with E-state index in [4.69, 9.17) is 0 Å². The summed E-state index contributed by atoms with van der Waals surface area (Å²) in [4.78, 5) is 26.9. The summed E-state index contributed by atoms with van der Waals surface area (Å²) in [5.74, 6) is -1.27. The summed E-state index contributed by atoms with van der Waals surface area (Å²) >= 11 is 0. The number of rotatable bonds is 5. The third-order valence-electron chi connectivity index (χ3n) is 7.29. The molecule has 0 unspecified atom stereocenters. The van der Waals surface area contributed by atoms with E-state index in [1.54, 1.807) is 24.5 Å². The molecule has 6 nitrogen and oxygen atoms in total. The van der Waals surface area contributed by atoms with E-state index in [1.807, 2.05) is 17.0 Å². The fourth-order valence-electron chi connectivity index (χ4n) is 5.53. The zero-order chi connectivity index (χ0) is 25.7. The molecular weight excluding hydrogens is 486 g/mol. The van der Waals surface area contributed by atoms with Gasteiger partial charge in [-0.05, 0) is 54.8 Å². The first-order valence-electron chi connectivity index (χ1n) is 12.1. The summed E-state index contributed by atoms with van der Waals surface area (Å²) in [6.07, 6.45) is 1.65. The molecule has 4 heterocycles. The van der Waals surface area contributed by atoms with Crippen molar-refractivity contribution in [3.05, 3.63) is 83.1 Å². The molecule has 3 aromatic heterocycles. The largest absolute Gasteiger partial charge is 0.346 e. The molecule has 0 spiro atoms. The molecule has 0 radical (unpaired) electrons. The summed E-state index contributed by atoms with van der Waals surface area (Å²) < 4.78 is 55.7. The Morgan fingerprint density at radius 1 is 1.16 bits per heavy atom. The molecule has 0 bridgehead atoms. The normalized spacial score (nSPS) is 21.6. The van der Waals surface area contributed by atoms with Gasteiger partial charge < -0.3 is 10.3 Å². The lowest BCUT2D eigenvalue weighted by Crippen LogP contribution is -2.44. The van der Waals surface area contributed by atoms with Crippen LogP contribution >= 0.6 is 0 Å². The van der Waals surface area contributed by atoms with Crippen molar-refractivity contribution in [1.82, 2.24) is 25.2 Å². The van der Waals surface area contributed by atoms with Crippen molar-refractivity contribution in [1.29, 1.82) is 0 Å². The number of likely N-dealkylation sites (tertiary alicyclic amines) is 1. The maximum atomic E-state index is 15.1. The Labute approximate surface area is 209 Å². The predicted octanol–water partition coefficient (Wildman–Crippen LogP) is 5.14. The van der Waals surface area contributed by atoms with Crippen LogP contribution in [0.25, 0.3) is 22.3 Å². The summed E-state index contributed by atoms with van der Waals surface area (Å²) in [6, 6.07) is 7.95. The predicted molar refractivity (Wildman–Crippen MR) is 129 cm³/mol. The highest BCUT2D eigenvalue weighted by molar-refractivity contribution is 5.96. The second-order valence-electron chi connectivity index (χ2n) is 9.51. The number of carbonyl (C=O) groups is 1. The average molecular weight is 510 g/mol. The maximum absolute atomic E-state index is 15.1. The van der Waals surface area contributed by atoms with Crippen LogP contribution in [0.2, 0.25) is 0 Å². The topological polar surface area (TPSA) is 73.9 Å². The second kappa shape index (κ2) is 9.26. The minimum atomic E-state index is -2.81. The maximum Gasteiger partial charge on any atom is 0.263 e. The van der Waals surface area contributed by atoms with Crippen molar-refractivity contribution >= 4 is 16.9 Å². The summed E-state index contributed by atoms with van der Waals surface area (Å²) in [6.45, 7) is 0.607. The number of H-pyrrole nitrogens is 1. The lowest BCUT2D eigenvalue weighted by molar-refractivity contribution is 0.0902. The third-order valence-corrected chi connectivity index (χ3v) is 7.29. The number of nitrogens with one attached hydrogen (secondary N) is 2. The number of aromatic amines is 1. The highest BCUT2D eigenvalue weighted by Gasteiger charge is 2.42. The number of hydrogen-bond acceptors (Lipinski definition) is 4. The van der Waals surface area contributed by atoms with Gasteiger partial charge in [0.15, 0.2) is 0 Å². The first kappa shape index (κ1) is 23.6. The molecule has 1 aliphatic carbocycles. The van der Waals surface area contributed by atoms with E-state index < -0.39 is 42.0 Å². The molecule has 37 heavy (non-hydrogen) atoms. The Hall–Kier alpha value is -3.79. The average Bonchev–Trinajstić information content (AvgIpc) is 3.62. The SMILES string of the molecule is O=C(N[C@@H]1c2c(F)cc(C(F)F)cc2C[C@H]1N1CC[C@H](F)C1)c1ccc(-c2ccnc3[nH]ccc23)nc1. The Bertz CT molecular complexity index is 1470. The number of amides is 1. The van der Waals surface area contributed by atoms with Crippen LogP contribution in [0.5, 0.6) is 0 Å². The quantitative estimate of drug-likeness (QED) is 0.366. The van der Waals surface area contributed by atoms with Gasteiger partial charge in [0.05, 0.1) is 17.3 Å². The molecule has 1 saturated heterocycles. The van der Waals surface area contributed by atoms with Crippen LogP contribution in [0.4, 0.5) is 17.6 Å². The highest BCUT2D eigenvalue weighted by atomic mass is 19.3. The van der Waals surface area contributed by atoms with Crippen LogP contribution in [0.3, 0.4) is 0 Å². The fourth-order valence-corrected chi connectivity index (χ4v) is 5.53. The van der Waals surface area contributed by atoms with Gasteiger partial charge in [-0.25, -0.2) is 22.5 Å². The number of nitrogens with zero attached hydrogens (tertiary/aromatic N) is 3. The Morgan fingerprint density at radius 3 is 2.76 bits per heavy atom. The fraction of sp³-hybridized carbons (Fsp3) is 0.296. The number of fused-ring (bicyclic) bond motifs is 2. The van der Waals surface area contributed by atoms with Crippen molar-refractivity contribution in [2.75, 3.05) is 13.1 Å². The monoisotopic (exact) mass is 509 g/mol. The Balaban J connectivity index is 1.29. The number of pyridine rings is 2. The van der Waals surface area contributed by atoms with Gasteiger partial charge in [-0.2, -0.15) is 0 Å². The first-order chi connectivity index (χ1) is 17.9. The van der Waals surface area contributed by atoms with Gasteiger partial charge in [0.1, 0.15) is 17.6 Å². The molecule has 1 aliphatic heterocycles. The number of alkyl halides is 3. The molecule has 0 saturated carbocycles. The van der Waals surface area contributed by atoms with Gasteiger partial charge in [-0.3, -0.25) is 14.7 Å². The van der Waals surface area contributed by atoms with Crippen molar-refractivity contribution in [3.63, 3.8) is 0 Å². The van der Waals surface area contributed by atoms with Gasteiger partial charge >= 0.3 is 0 Å². The molecule has 2 aliphatic rings. The van der Waals surface area contributed by atoms with Crippen LogP contribution in [-0.4, -0.2) is 51.1 Å². The van der Waals surface area contributed by atoms with Gasteiger partial charge in [0.2, 0.25) is 0 Å². The molecule has 3 atom stereocenters. The zero-order valence-electron chi connectivity index (χ0n) is 19.6. The molecular formula is C27H23F4N5O. The smallest absolute Gasteiger partial charge is 0.263 e. The zero-order valence-corrected chi connectivity index (χ0v) is 19.6. The summed E-state index contributed by atoms with van der Waals surface area (Å²) in [7, 11) is 0. The van der Waals surface area contributed by atoms with E-state index in [-0.39, 0.29) is 24.1 Å². The lowest BCUT2D eigenvalue weighted by atomic mass is 10.0. The molecule has 2 N–H and O–H groups in total. The molecule has 10 heteroatoms. The third kappa shape index (κ3) is 4.25. The number of halogens is 4. The van der Waals surface area contributed by atoms with E-state index in [2.05, 4.69) is 20.3 Å². The molecule has 6 rings (SSSR count). The van der Waals surface area contributed by atoms with Gasteiger partial charge in [0, 0.05) is 59.8 Å². The Morgan fingerprint density at radius 2 is 2.03 bits per heavy atom. The van der Waals surface area contributed by atoms with E-state index in [0.717, 1.165) is 22.7 Å². The molecule has 1 aromatic carbocycles. The van der Waals surface area contributed by atoms with Crippen molar-refractivity contribution in [2.24, 2.45) is 0 Å². The van der Waals surface area contributed by atoms with Gasteiger partial charge in [-0.1, -0.05) is 0 Å². The van der Waals surface area contributed by atoms with E-state index in [0.29, 0.717) is 24.2 Å².